The molecule has 0 spiro atoms. The molecule has 0 atom stereocenters. The van der Waals surface area contributed by atoms with Crippen LogP contribution in [0.3, 0.4) is 0 Å². The lowest BCUT2D eigenvalue weighted by molar-refractivity contribution is -0.615. The third kappa shape index (κ3) is 2.57. The summed E-state index contributed by atoms with van der Waals surface area (Å²) >= 11 is 0. The van der Waals surface area contributed by atoms with Crippen molar-refractivity contribution >= 4 is 11.6 Å². The Hall–Kier alpha value is -1.35. The number of amides is 1. The van der Waals surface area contributed by atoms with Gasteiger partial charge in [0, 0.05) is 5.69 Å². The van der Waals surface area contributed by atoms with Crippen molar-refractivity contribution in [3.63, 3.8) is 0 Å². The van der Waals surface area contributed by atoms with Gasteiger partial charge in [0.15, 0.2) is 6.54 Å². The zero-order valence-corrected chi connectivity index (χ0v) is 8.92. The normalized spacial score (nSPS) is 9.93. The molecule has 1 aromatic rings. The van der Waals surface area contributed by atoms with Crippen LogP contribution in [0.25, 0.3) is 0 Å². The molecule has 0 aliphatic heterocycles. The zero-order chi connectivity index (χ0) is 10.6. The summed E-state index contributed by atoms with van der Waals surface area (Å²) in [6.45, 7) is 4.46. The highest BCUT2D eigenvalue weighted by molar-refractivity contribution is 5.92. The van der Waals surface area contributed by atoms with Gasteiger partial charge in [0.25, 0.3) is 5.91 Å². The number of hydrogen-bond donors (Lipinski definition) is 2. The Morgan fingerprint density at radius 3 is 2.43 bits per heavy atom. The van der Waals surface area contributed by atoms with Crippen LogP contribution in [0.2, 0.25) is 0 Å². The van der Waals surface area contributed by atoms with Crippen molar-refractivity contribution in [2.45, 2.75) is 13.8 Å². The van der Waals surface area contributed by atoms with Crippen molar-refractivity contribution in [1.29, 1.82) is 0 Å². The van der Waals surface area contributed by atoms with E-state index >= 15 is 0 Å². The second kappa shape index (κ2) is 4.77. The minimum Gasteiger partial charge on any atom is -0.341 e. The lowest BCUT2D eigenvalue weighted by atomic mass is 10.1. The Morgan fingerprint density at radius 2 is 1.93 bits per heavy atom. The van der Waals surface area contributed by atoms with Gasteiger partial charge >= 0.3 is 0 Å². The number of carbonyl (C=O) groups is 1. The lowest BCUT2D eigenvalue weighted by Crippen LogP contribution is -2.82. The minimum absolute atomic E-state index is 0.0462. The zero-order valence-electron chi connectivity index (χ0n) is 8.92. The molecule has 0 aromatic heterocycles. The maximum atomic E-state index is 11.4. The Kier molecular flexibility index (Phi) is 3.65. The van der Waals surface area contributed by atoms with Crippen molar-refractivity contribution < 1.29 is 10.1 Å². The van der Waals surface area contributed by atoms with Crippen LogP contribution in [0.15, 0.2) is 18.2 Å². The van der Waals surface area contributed by atoms with E-state index in [4.69, 9.17) is 0 Å². The molecule has 0 bridgehead atoms. The van der Waals surface area contributed by atoms with Gasteiger partial charge in [-0.25, -0.2) is 0 Å². The molecule has 0 saturated carbocycles. The smallest absolute Gasteiger partial charge is 0.279 e. The molecule has 3 heteroatoms. The number of rotatable bonds is 3. The van der Waals surface area contributed by atoms with E-state index in [1.54, 1.807) is 0 Å². The van der Waals surface area contributed by atoms with Crippen LogP contribution < -0.4 is 10.6 Å². The molecule has 14 heavy (non-hydrogen) atoms. The van der Waals surface area contributed by atoms with E-state index in [9.17, 15) is 4.79 Å². The molecule has 3 N–H and O–H groups in total. The van der Waals surface area contributed by atoms with Gasteiger partial charge in [-0.15, -0.1) is 0 Å². The van der Waals surface area contributed by atoms with Crippen LogP contribution in [0.4, 0.5) is 5.69 Å². The second-order valence-electron chi connectivity index (χ2n) is 3.43. The van der Waals surface area contributed by atoms with E-state index in [2.05, 4.69) is 5.32 Å². The van der Waals surface area contributed by atoms with Crippen LogP contribution in [-0.2, 0) is 4.79 Å². The first-order valence-electron chi connectivity index (χ1n) is 4.79. The molecule has 1 aromatic carbocycles. The minimum atomic E-state index is 0.0462. The van der Waals surface area contributed by atoms with Crippen molar-refractivity contribution in [3.8, 4) is 0 Å². The van der Waals surface area contributed by atoms with Gasteiger partial charge in [-0.1, -0.05) is 18.2 Å². The first-order chi connectivity index (χ1) is 6.65. The molecule has 3 nitrogen and oxygen atoms in total. The second-order valence-corrected chi connectivity index (χ2v) is 3.43. The molecule has 1 rings (SSSR count). The fourth-order valence-corrected chi connectivity index (χ4v) is 1.39. The number of para-hydroxylation sites is 1. The van der Waals surface area contributed by atoms with Crippen molar-refractivity contribution in [1.82, 2.24) is 0 Å². The Labute approximate surface area is 84.5 Å². The predicted molar refractivity (Wildman–Crippen MR) is 57.3 cm³/mol. The van der Waals surface area contributed by atoms with E-state index in [1.165, 1.54) is 0 Å². The van der Waals surface area contributed by atoms with E-state index in [-0.39, 0.29) is 5.91 Å². The molecule has 0 aliphatic carbocycles. The number of nitrogens with one attached hydrogen (secondary N) is 1. The number of aryl methyl sites for hydroxylation is 2. The number of quaternary nitrogens is 1. The molecule has 0 radical (unpaired) electrons. The fourth-order valence-electron chi connectivity index (χ4n) is 1.39. The van der Waals surface area contributed by atoms with E-state index < -0.39 is 0 Å². The predicted octanol–water partition coefficient (Wildman–Crippen LogP) is 0.435. The van der Waals surface area contributed by atoms with Crippen LogP contribution in [0.1, 0.15) is 11.1 Å². The lowest BCUT2D eigenvalue weighted by Gasteiger charge is -2.09. The molecular weight excluding hydrogens is 176 g/mol. The number of likely N-dealkylation sites (N-methyl/N-ethyl adjacent to an activating group) is 1. The molecular formula is C11H17N2O+. The van der Waals surface area contributed by atoms with E-state index in [1.807, 2.05) is 44.4 Å². The highest BCUT2D eigenvalue weighted by atomic mass is 16.1. The largest absolute Gasteiger partial charge is 0.341 e. The van der Waals surface area contributed by atoms with E-state index in [0.29, 0.717) is 6.54 Å². The third-order valence-corrected chi connectivity index (χ3v) is 2.14. The Morgan fingerprint density at radius 1 is 1.36 bits per heavy atom. The summed E-state index contributed by atoms with van der Waals surface area (Å²) in [6.07, 6.45) is 0. The van der Waals surface area contributed by atoms with Gasteiger partial charge in [0.1, 0.15) is 0 Å². The maximum Gasteiger partial charge on any atom is 0.279 e. The Balaban J connectivity index is 2.80. The average molecular weight is 193 g/mol. The molecule has 76 valence electrons. The van der Waals surface area contributed by atoms with Crippen molar-refractivity contribution in [3.05, 3.63) is 29.3 Å². The Bertz CT molecular complexity index is 314. The van der Waals surface area contributed by atoms with Crippen LogP contribution in [0, 0.1) is 13.8 Å². The van der Waals surface area contributed by atoms with E-state index in [0.717, 1.165) is 16.8 Å². The number of nitrogens with two attached hydrogens (primary N) is 1. The van der Waals surface area contributed by atoms with Gasteiger partial charge in [0.2, 0.25) is 0 Å². The number of carbonyl (C=O) groups excluding carboxylic acids is 1. The fraction of sp³-hybridized carbons (Fsp3) is 0.364. The SMILES string of the molecule is C[NH2+]CC(=O)Nc1c(C)cccc1C. The number of anilines is 1. The molecule has 0 unspecified atom stereocenters. The average Bonchev–Trinajstić information content (AvgIpc) is 2.12. The molecule has 0 heterocycles. The molecule has 0 saturated heterocycles. The summed E-state index contributed by atoms with van der Waals surface area (Å²) in [7, 11) is 1.88. The highest BCUT2D eigenvalue weighted by Crippen LogP contribution is 2.18. The van der Waals surface area contributed by atoms with Crippen molar-refractivity contribution in [2.24, 2.45) is 0 Å². The van der Waals surface area contributed by atoms with Gasteiger partial charge < -0.3 is 10.6 Å². The first kappa shape index (κ1) is 10.7. The van der Waals surface area contributed by atoms with Gasteiger partial charge in [0.05, 0.1) is 7.05 Å². The maximum absolute atomic E-state index is 11.4. The van der Waals surface area contributed by atoms with Gasteiger partial charge in [-0.05, 0) is 25.0 Å². The third-order valence-electron chi connectivity index (χ3n) is 2.14. The van der Waals surface area contributed by atoms with Crippen molar-refractivity contribution in [2.75, 3.05) is 18.9 Å². The summed E-state index contributed by atoms with van der Waals surface area (Å²) in [5.41, 5.74) is 3.16. The van der Waals surface area contributed by atoms with Gasteiger partial charge in [-0.3, -0.25) is 4.79 Å². The topological polar surface area (TPSA) is 45.7 Å². The standard InChI is InChI=1S/C11H16N2O/c1-8-5-4-6-9(2)11(8)13-10(14)7-12-3/h4-6,12H,7H2,1-3H3,(H,13,14)/p+1. The number of hydrogen-bond acceptors (Lipinski definition) is 1. The summed E-state index contributed by atoms with van der Waals surface area (Å²) < 4.78 is 0. The molecule has 0 fully saturated rings. The summed E-state index contributed by atoms with van der Waals surface area (Å²) in [6, 6.07) is 5.99. The van der Waals surface area contributed by atoms with Crippen LogP contribution in [-0.4, -0.2) is 19.5 Å². The first-order valence-corrected chi connectivity index (χ1v) is 4.79. The summed E-state index contributed by atoms with van der Waals surface area (Å²) in [5.74, 6) is 0.0462. The number of benzene rings is 1. The van der Waals surface area contributed by atoms with Gasteiger partial charge in [-0.2, -0.15) is 0 Å². The van der Waals surface area contributed by atoms with Crippen LogP contribution >= 0.6 is 0 Å². The van der Waals surface area contributed by atoms with Crippen LogP contribution in [0.5, 0.6) is 0 Å². The quantitative estimate of drug-likeness (QED) is 0.718. The monoisotopic (exact) mass is 193 g/mol. The summed E-state index contributed by atoms with van der Waals surface area (Å²) in [5, 5.41) is 4.76. The highest BCUT2D eigenvalue weighted by Gasteiger charge is 2.06. The molecule has 1 amide bonds. The molecule has 0 aliphatic rings. The summed E-state index contributed by atoms with van der Waals surface area (Å²) in [4.78, 5) is 11.4.